The second-order valence-electron chi connectivity index (χ2n) is 4.85. The molecule has 0 aliphatic heterocycles. The molecule has 96 valence electrons. The van der Waals surface area contributed by atoms with E-state index in [1.807, 2.05) is 18.5 Å². The average molecular weight is 238 g/mol. The maximum Gasteiger partial charge on any atom is 0.241 e. The van der Waals surface area contributed by atoms with Gasteiger partial charge in [0.15, 0.2) is 0 Å². The third-order valence-corrected chi connectivity index (χ3v) is 2.93. The fourth-order valence-electron chi connectivity index (χ4n) is 1.75. The number of carbonyl (C=O) groups excluding carboxylic acids is 1. The molecule has 0 saturated heterocycles. The number of aryl methyl sites for hydroxylation is 2. The summed E-state index contributed by atoms with van der Waals surface area (Å²) >= 11 is 0. The van der Waals surface area contributed by atoms with Gasteiger partial charge in [0.25, 0.3) is 0 Å². The molecule has 3 N–H and O–H groups in total. The predicted molar refractivity (Wildman–Crippen MR) is 67.1 cm³/mol. The van der Waals surface area contributed by atoms with Crippen molar-refractivity contribution in [2.24, 2.45) is 11.3 Å². The van der Waals surface area contributed by atoms with Crippen LogP contribution >= 0.6 is 0 Å². The lowest BCUT2D eigenvalue weighted by Crippen LogP contribution is -2.43. The van der Waals surface area contributed by atoms with Crippen LogP contribution in [0.25, 0.3) is 0 Å². The van der Waals surface area contributed by atoms with Crippen molar-refractivity contribution in [3.63, 3.8) is 0 Å². The zero-order chi connectivity index (χ0) is 13.1. The van der Waals surface area contributed by atoms with Gasteiger partial charge in [0.2, 0.25) is 5.91 Å². The van der Waals surface area contributed by atoms with Gasteiger partial charge >= 0.3 is 0 Å². The van der Waals surface area contributed by atoms with Crippen molar-refractivity contribution in [1.29, 1.82) is 0 Å². The number of hydrazine groups is 1. The van der Waals surface area contributed by atoms with E-state index in [-0.39, 0.29) is 5.91 Å². The zero-order valence-electron chi connectivity index (χ0n) is 11.1. The van der Waals surface area contributed by atoms with Gasteiger partial charge in [0, 0.05) is 5.69 Å². The van der Waals surface area contributed by atoms with Crippen molar-refractivity contribution in [3.05, 3.63) is 17.5 Å². The highest BCUT2D eigenvalue weighted by molar-refractivity contribution is 5.81. The molecule has 1 rings (SSSR count). The molecule has 17 heavy (non-hydrogen) atoms. The summed E-state index contributed by atoms with van der Waals surface area (Å²) in [4.78, 5) is 11.6. The lowest BCUT2D eigenvalue weighted by Gasteiger charge is -2.23. The van der Waals surface area contributed by atoms with Crippen LogP contribution in [-0.2, 0) is 24.2 Å². The summed E-state index contributed by atoms with van der Waals surface area (Å²) in [5, 5.41) is 4.50. The molecule has 5 nitrogen and oxygen atoms in total. The number of nitrogens with one attached hydrogen (secondary N) is 1. The molecule has 0 atom stereocenters. The quantitative estimate of drug-likeness (QED) is 0.457. The first-order chi connectivity index (χ1) is 7.94. The first-order valence-electron chi connectivity index (χ1n) is 6.01. The van der Waals surface area contributed by atoms with Crippen molar-refractivity contribution in [2.75, 3.05) is 0 Å². The van der Waals surface area contributed by atoms with Crippen LogP contribution in [-0.4, -0.2) is 15.7 Å². The molecule has 1 aromatic rings. The van der Waals surface area contributed by atoms with Crippen LogP contribution in [0, 0.1) is 5.41 Å². The molecule has 0 aliphatic rings. The van der Waals surface area contributed by atoms with Gasteiger partial charge in [-0.2, -0.15) is 5.10 Å². The average Bonchev–Trinajstić information content (AvgIpc) is 2.69. The van der Waals surface area contributed by atoms with E-state index in [9.17, 15) is 4.79 Å². The molecule has 0 saturated carbocycles. The number of rotatable bonds is 5. The Morgan fingerprint density at radius 1 is 1.47 bits per heavy atom. The number of nitrogens with zero attached hydrogens (tertiary/aromatic N) is 2. The van der Waals surface area contributed by atoms with Gasteiger partial charge in [-0.3, -0.25) is 14.9 Å². The molecular weight excluding hydrogens is 216 g/mol. The second-order valence-corrected chi connectivity index (χ2v) is 4.85. The molecule has 1 heterocycles. The summed E-state index contributed by atoms with van der Waals surface area (Å²) in [7, 11) is 0. The summed E-state index contributed by atoms with van der Waals surface area (Å²) in [5.41, 5.74) is 3.86. The molecule has 0 fully saturated rings. The molecule has 5 heteroatoms. The molecular formula is C12H22N4O. The number of hydrogen-bond acceptors (Lipinski definition) is 3. The van der Waals surface area contributed by atoms with E-state index >= 15 is 0 Å². The van der Waals surface area contributed by atoms with Crippen LogP contribution in [0.4, 0.5) is 0 Å². The Labute approximate surface area is 102 Å². The summed E-state index contributed by atoms with van der Waals surface area (Å²) in [6.45, 7) is 8.43. The molecule has 1 aromatic heterocycles. The lowest BCUT2D eigenvalue weighted by molar-refractivity contribution is -0.130. The fourth-order valence-corrected chi connectivity index (χ4v) is 1.75. The Hall–Kier alpha value is -1.36. The number of aromatic nitrogens is 2. The van der Waals surface area contributed by atoms with E-state index in [0.717, 1.165) is 24.2 Å². The minimum Gasteiger partial charge on any atom is -0.294 e. The molecule has 0 bridgehead atoms. The number of hydrogen-bond donors (Lipinski definition) is 2. The lowest BCUT2D eigenvalue weighted by atomic mass is 9.92. The highest BCUT2D eigenvalue weighted by atomic mass is 16.2. The smallest absolute Gasteiger partial charge is 0.241 e. The van der Waals surface area contributed by atoms with E-state index in [1.54, 1.807) is 0 Å². The Morgan fingerprint density at radius 3 is 2.59 bits per heavy atom. The van der Waals surface area contributed by atoms with E-state index in [4.69, 9.17) is 5.84 Å². The van der Waals surface area contributed by atoms with Crippen molar-refractivity contribution >= 4 is 5.91 Å². The Morgan fingerprint density at radius 2 is 2.12 bits per heavy atom. The third-order valence-electron chi connectivity index (χ3n) is 2.93. The summed E-state index contributed by atoms with van der Waals surface area (Å²) in [6.07, 6.45) is 1.82. The minimum atomic E-state index is -0.560. The first kappa shape index (κ1) is 13.7. The highest BCUT2D eigenvalue weighted by Gasteiger charge is 2.28. The summed E-state index contributed by atoms with van der Waals surface area (Å²) < 4.78 is 1.91. The highest BCUT2D eigenvalue weighted by Crippen LogP contribution is 2.19. The Balaban J connectivity index is 2.93. The maximum absolute atomic E-state index is 11.6. The fraction of sp³-hybridized carbons (Fsp3) is 0.667. The zero-order valence-corrected chi connectivity index (χ0v) is 11.1. The topological polar surface area (TPSA) is 72.9 Å². The number of nitrogens with two attached hydrogens (primary N) is 1. The van der Waals surface area contributed by atoms with Crippen LogP contribution in [0.5, 0.6) is 0 Å². The largest absolute Gasteiger partial charge is 0.294 e. The van der Waals surface area contributed by atoms with Gasteiger partial charge in [-0.1, -0.05) is 13.8 Å². The summed E-state index contributed by atoms with van der Waals surface area (Å²) in [5.74, 6) is 5.01. The predicted octanol–water partition coefficient (Wildman–Crippen LogP) is 1.02. The second kappa shape index (κ2) is 5.31. The van der Waals surface area contributed by atoms with E-state index < -0.39 is 5.41 Å². The molecule has 0 aliphatic carbocycles. The third kappa shape index (κ3) is 3.06. The van der Waals surface area contributed by atoms with Crippen LogP contribution in [0.2, 0.25) is 0 Å². The van der Waals surface area contributed by atoms with Gasteiger partial charge in [0.1, 0.15) is 0 Å². The summed E-state index contributed by atoms with van der Waals surface area (Å²) in [6, 6.07) is 2.09. The van der Waals surface area contributed by atoms with Crippen molar-refractivity contribution in [2.45, 2.75) is 47.1 Å². The first-order valence-corrected chi connectivity index (χ1v) is 6.01. The molecule has 1 amide bonds. The van der Waals surface area contributed by atoms with Gasteiger partial charge in [-0.05, 0) is 32.8 Å². The number of carbonyl (C=O) groups is 1. The monoisotopic (exact) mass is 238 g/mol. The van der Waals surface area contributed by atoms with E-state index in [1.165, 1.54) is 0 Å². The number of amides is 1. The SMILES string of the molecule is CCc1cc(CC)n(CC(C)(C)C(=O)NN)n1. The van der Waals surface area contributed by atoms with Crippen molar-refractivity contribution < 1.29 is 4.79 Å². The van der Waals surface area contributed by atoms with E-state index in [0.29, 0.717) is 6.54 Å². The van der Waals surface area contributed by atoms with Crippen LogP contribution in [0.1, 0.15) is 39.1 Å². The standard InChI is InChI=1S/C12H22N4O/c1-5-9-7-10(6-2)16(15-9)8-12(3,4)11(17)14-13/h7H,5-6,8,13H2,1-4H3,(H,14,17). The van der Waals surface area contributed by atoms with Gasteiger partial charge in [-0.25, -0.2) is 5.84 Å². The van der Waals surface area contributed by atoms with Gasteiger partial charge in [0.05, 0.1) is 17.7 Å². The van der Waals surface area contributed by atoms with Gasteiger partial charge < -0.3 is 0 Å². The van der Waals surface area contributed by atoms with Gasteiger partial charge in [-0.15, -0.1) is 0 Å². The van der Waals surface area contributed by atoms with Crippen LogP contribution in [0.3, 0.4) is 0 Å². The minimum absolute atomic E-state index is 0.173. The van der Waals surface area contributed by atoms with Crippen molar-refractivity contribution in [3.8, 4) is 0 Å². The van der Waals surface area contributed by atoms with E-state index in [2.05, 4.69) is 30.4 Å². The van der Waals surface area contributed by atoms with Crippen LogP contribution in [0.15, 0.2) is 6.07 Å². The van der Waals surface area contributed by atoms with Crippen molar-refractivity contribution in [1.82, 2.24) is 15.2 Å². The van der Waals surface area contributed by atoms with Crippen LogP contribution < -0.4 is 11.3 Å². The maximum atomic E-state index is 11.6. The molecule has 0 radical (unpaired) electrons. The molecule has 0 spiro atoms. The normalized spacial score (nSPS) is 11.6. The Kier molecular flexibility index (Phi) is 4.28. The Bertz CT molecular complexity index is 395. The molecule has 0 unspecified atom stereocenters. The molecule has 0 aromatic carbocycles.